The Morgan fingerprint density at radius 2 is 1.60 bits per heavy atom. The van der Waals surface area contributed by atoms with Gasteiger partial charge in [0.2, 0.25) is 5.91 Å². The fourth-order valence-electron chi connectivity index (χ4n) is 4.75. The topological polar surface area (TPSA) is 77.1 Å². The molecule has 0 aliphatic heterocycles. The normalized spacial score (nSPS) is 11.4. The van der Waals surface area contributed by atoms with Crippen molar-refractivity contribution >= 4 is 22.5 Å². The monoisotopic (exact) mass is 466 g/mol. The highest BCUT2D eigenvalue weighted by Gasteiger charge is 2.16. The first kappa shape index (κ1) is 22.8. The molecule has 0 saturated heterocycles. The van der Waals surface area contributed by atoms with Crippen LogP contribution in [0.1, 0.15) is 45.9 Å². The lowest BCUT2D eigenvalue weighted by molar-refractivity contribution is -0.121. The fourth-order valence-corrected chi connectivity index (χ4v) is 4.75. The zero-order valence-corrected chi connectivity index (χ0v) is 20.7. The molecule has 7 heteroatoms. The lowest BCUT2D eigenvalue weighted by Gasteiger charge is -2.11. The largest absolute Gasteiger partial charge is 0.352 e. The maximum absolute atomic E-state index is 12.8. The van der Waals surface area contributed by atoms with Gasteiger partial charge in [0, 0.05) is 41.0 Å². The van der Waals surface area contributed by atoms with Gasteiger partial charge in [-0.05, 0) is 57.4 Å². The number of aromatic nitrogens is 5. The van der Waals surface area contributed by atoms with E-state index in [1.54, 1.807) is 0 Å². The maximum atomic E-state index is 12.8. The van der Waals surface area contributed by atoms with E-state index < -0.39 is 0 Å². The van der Waals surface area contributed by atoms with E-state index in [0.29, 0.717) is 19.4 Å². The van der Waals surface area contributed by atoms with Crippen LogP contribution in [0, 0.1) is 27.7 Å². The Kier molecular flexibility index (Phi) is 6.07. The van der Waals surface area contributed by atoms with Gasteiger partial charge in [0.15, 0.2) is 5.65 Å². The number of amides is 1. The molecule has 5 aromatic rings. The number of hydrogen-bond acceptors (Lipinski definition) is 4. The van der Waals surface area contributed by atoms with Crippen LogP contribution >= 0.6 is 0 Å². The van der Waals surface area contributed by atoms with E-state index >= 15 is 0 Å². The average Bonchev–Trinajstić information content (AvgIpc) is 3.35. The van der Waals surface area contributed by atoms with E-state index in [2.05, 4.69) is 31.3 Å². The van der Waals surface area contributed by atoms with Gasteiger partial charge < -0.3 is 5.32 Å². The number of nitrogens with zero attached hydrogens (tertiary/aromatic N) is 5. The molecule has 0 unspecified atom stereocenters. The summed E-state index contributed by atoms with van der Waals surface area (Å²) < 4.78 is 3.91. The van der Waals surface area contributed by atoms with Gasteiger partial charge in [-0.2, -0.15) is 10.2 Å². The Hall–Kier alpha value is -4.00. The van der Waals surface area contributed by atoms with Gasteiger partial charge in [0.05, 0.1) is 17.8 Å². The third-order valence-electron chi connectivity index (χ3n) is 6.79. The molecule has 1 N–H and O–H groups in total. The summed E-state index contributed by atoms with van der Waals surface area (Å²) in [5.41, 5.74) is 9.15. The zero-order chi connectivity index (χ0) is 24.5. The van der Waals surface area contributed by atoms with Crippen LogP contribution in [-0.2, 0) is 24.3 Å². The van der Waals surface area contributed by atoms with Crippen molar-refractivity contribution in [2.45, 2.75) is 53.6 Å². The van der Waals surface area contributed by atoms with Crippen LogP contribution in [0.2, 0.25) is 0 Å². The molecule has 1 amide bonds. The first-order valence-corrected chi connectivity index (χ1v) is 12.0. The highest BCUT2D eigenvalue weighted by atomic mass is 16.1. The van der Waals surface area contributed by atoms with Crippen LogP contribution in [0.25, 0.3) is 16.6 Å². The molecular weight excluding hydrogens is 436 g/mol. The molecule has 3 aromatic heterocycles. The molecule has 0 bridgehead atoms. The molecule has 35 heavy (non-hydrogen) atoms. The minimum atomic E-state index is 0.0177. The summed E-state index contributed by atoms with van der Waals surface area (Å²) >= 11 is 0. The first-order valence-electron chi connectivity index (χ1n) is 12.0. The Bertz CT molecular complexity index is 1530. The van der Waals surface area contributed by atoms with Crippen LogP contribution in [0.15, 0.2) is 54.6 Å². The van der Waals surface area contributed by atoms with Gasteiger partial charge in [0.1, 0.15) is 0 Å². The number of nitrogens with one attached hydrogen (secondary N) is 1. The number of aryl methyl sites for hydroxylation is 3. The molecule has 0 spiro atoms. The molecule has 0 atom stereocenters. The molecule has 3 heterocycles. The molecule has 0 saturated carbocycles. The highest BCUT2D eigenvalue weighted by molar-refractivity contribution is 5.92. The van der Waals surface area contributed by atoms with E-state index in [-0.39, 0.29) is 5.91 Å². The summed E-state index contributed by atoms with van der Waals surface area (Å²) in [6, 6.07) is 18.3. The Morgan fingerprint density at radius 1 is 0.857 bits per heavy atom. The quantitative estimate of drug-likeness (QED) is 0.380. The molecule has 0 aliphatic rings. The van der Waals surface area contributed by atoms with Crippen molar-refractivity contribution < 1.29 is 4.79 Å². The van der Waals surface area contributed by atoms with Crippen molar-refractivity contribution in [3.8, 4) is 0 Å². The van der Waals surface area contributed by atoms with Crippen LogP contribution in [-0.4, -0.2) is 30.3 Å². The van der Waals surface area contributed by atoms with E-state index in [1.165, 1.54) is 5.56 Å². The first-order chi connectivity index (χ1) is 16.9. The van der Waals surface area contributed by atoms with E-state index in [1.807, 2.05) is 65.5 Å². The second-order valence-corrected chi connectivity index (χ2v) is 9.08. The van der Waals surface area contributed by atoms with Crippen LogP contribution in [0.3, 0.4) is 0 Å². The van der Waals surface area contributed by atoms with Crippen molar-refractivity contribution in [3.05, 3.63) is 94.1 Å². The maximum Gasteiger partial charge on any atom is 0.220 e. The lowest BCUT2D eigenvalue weighted by atomic mass is 10.1. The number of carbonyl (C=O) groups is 1. The molecular formula is C28H30N6O. The van der Waals surface area contributed by atoms with E-state index in [0.717, 1.165) is 57.0 Å². The summed E-state index contributed by atoms with van der Waals surface area (Å²) in [6.07, 6.45) is 1.01. The number of fused-ring (bicyclic) bond motifs is 3. The summed E-state index contributed by atoms with van der Waals surface area (Å²) in [5, 5.41) is 13.5. The minimum Gasteiger partial charge on any atom is -0.352 e. The molecule has 178 valence electrons. The lowest BCUT2D eigenvalue weighted by Crippen LogP contribution is -2.24. The van der Waals surface area contributed by atoms with E-state index in [9.17, 15) is 4.79 Å². The van der Waals surface area contributed by atoms with E-state index in [4.69, 9.17) is 15.2 Å². The van der Waals surface area contributed by atoms with Crippen LogP contribution < -0.4 is 5.32 Å². The zero-order valence-electron chi connectivity index (χ0n) is 20.7. The number of hydrogen-bond donors (Lipinski definition) is 1. The van der Waals surface area contributed by atoms with Crippen molar-refractivity contribution in [1.82, 2.24) is 29.7 Å². The number of rotatable bonds is 7. The van der Waals surface area contributed by atoms with Crippen LogP contribution in [0.4, 0.5) is 0 Å². The van der Waals surface area contributed by atoms with Gasteiger partial charge >= 0.3 is 0 Å². The summed E-state index contributed by atoms with van der Waals surface area (Å²) in [5.74, 6) is 0.0177. The van der Waals surface area contributed by atoms with Crippen molar-refractivity contribution in [2.75, 3.05) is 0 Å². The highest BCUT2D eigenvalue weighted by Crippen LogP contribution is 2.23. The average molecular weight is 467 g/mol. The third-order valence-corrected chi connectivity index (χ3v) is 6.79. The predicted octanol–water partition coefficient (Wildman–Crippen LogP) is 4.61. The second kappa shape index (κ2) is 9.33. The molecule has 2 aromatic carbocycles. The molecule has 7 nitrogen and oxygen atoms in total. The molecule has 0 aliphatic carbocycles. The van der Waals surface area contributed by atoms with Crippen molar-refractivity contribution in [3.63, 3.8) is 0 Å². The Morgan fingerprint density at radius 3 is 2.40 bits per heavy atom. The SMILES string of the molecule is Cc1nn(Cc2ccccc2)c(C)c1CNC(=O)CCc1c(C)nc2c3ccccc3nn2c1C. The summed E-state index contributed by atoms with van der Waals surface area (Å²) in [6.45, 7) is 9.32. The Labute approximate surface area is 204 Å². The smallest absolute Gasteiger partial charge is 0.220 e. The number of benzene rings is 2. The van der Waals surface area contributed by atoms with Crippen molar-refractivity contribution in [1.29, 1.82) is 0 Å². The summed E-state index contributed by atoms with van der Waals surface area (Å²) in [7, 11) is 0. The molecule has 5 rings (SSSR count). The molecule has 0 fully saturated rings. The Balaban J connectivity index is 1.26. The molecule has 0 radical (unpaired) electrons. The van der Waals surface area contributed by atoms with Gasteiger partial charge in [-0.25, -0.2) is 9.50 Å². The van der Waals surface area contributed by atoms with Gasteiger partial charge in [-0.15, -0.1) is 0 Å². The van der Waals surface area contributed by atoms with Crippen molar-refractivity contribution in [2.24, 2.45) is 0 Å². The second-order valence-electron chi connectivity index (χ2n) is 9.08. The summed E-state index contributed by atoms with van der Waals surface area (Å²) in [4.78, 5) is 17.6. The number of carbonyl (C=O) groups excluding carboxylic acids is 1. The standard InChI is InChI=1S/C28H30N6O/c1-18-23(21(4)34-28(30-18)24-12-8-9-13-26(24)32-34)14-15-27(35)29-16-25-19(2)31-33(20(25)3)17-22-10-6-5-7-11-22/h5-13H,14-17H2,1-4H3,(H,29,35). The fraction of sp³-hybridized carbons (Fsp3) is 0.286. The van der Waals surface area contributed by atoms with Gasteiger partial charge in [-0.3, -0.25) is 9.48 Å². The predicted molar refractivity (Wildman–Crippen MR) is 137 cm³/mol. The minimum absolute atomic E-state index is 0.0177. The van der Waals surface area contributed by atoms with Crippen LogP contribution in [0.5, 0.6) is 0 Å². The van der Waals surface area contributed by atoms with Gasteiger partial charge in [-0.1, -0.05) is 42.5 Å². The van der Waals surface area contributed by atoms with Gasteiger partial charge in [0.25, 0.3) is 0 Å². The third kappa shape index (κ3) is 4.41.